The Morgan fingerprint density at radius 2 is 1.86 bits per heavy atom. The van der Waals surface area contributed by atoms with Crippen molar-refractivity contribution in [2.75, 3.05) is 31.1 Å². The molecule has 1 saturated heterocycles. The predicted octanol–water partition coefficient (Wildman–Crippen LogP) is 1.46. The van der Waals surface area contributed by atoms with E-state index in [-0.39, 0.29) is 5.91 Å². The van der Waals surface area contributed by atoms with Gasteiger partial charge < -0.3 is 14.4 Å². The summed E-state index contributed by atoms with van der Waals surface area (Å²) in [5.74, 6) is 0.110. The molecule has 0 radical (unpaired) electrons. The molecule has 2 aromatic heterocycles. The molecule has 3 heterocycles. The van der Waals surface area contributed by atoms with Crippen molar-refractivity contribution in [3.05, 3.63) is 28.5 Å². The standard InChI is InChI=1S/C14H19N5OS/c1-10-4-5-12(17(10)3)13(20)18-6-8-19(9-7-18)14-16-15-11(2)21-14/h4-5H,6-9H2,1-3H3. The summed E-state index contributed by atoms with van der Waals surface area (Å²) >= 11 is 1.60. The third-order valence-corrected chi connectivity index (χ3v) is 4.84. The number of piperazine rings is 1. The normalized spacial score (nSPS) is 15.6. The van der Waals surface area contributed by atoms with Gasteiger partial charge in [0.25, 0.3) is 5.91 Å². The Morgan fingerprint density at radius 3 is 2.38 bits per heavy atom. The van der Waals surface area contributed by atoms with Gasteiger partial charge in [0.15, 0.2) is 0 Å². The van der Waals surface area contributed by atoms with Crippen LogP contribution in [-0.4, -0.2) is 51.8 Å². The Bertz CT molecular complexity index is 654. The summed E-state index contributed by atoms with van der Waals surface area (Å²) < 4.78 is 1.95. The first kappa shape index (κ1) is 14.1. The fourth-order valence-corrected chi connectivity index (χ4v) is 3.24. The Hall–Kier alpha value is -1.89. The average Bonchev–Trinajstić information content (AvgIpc) is 3.06. The highest BCUT2D eigenvalue weighted by atomic mass is 32.1. The van der Waals surface area contributed by atoms with E-state index in [2.05, 4.69) is 15.1 Å². The van der Waals surface area contributed by atoms with Crippen LogP contribution in [0.15, 0.2) is 12.1 Å². The SMILES string of the molecule is Cc1nnc(N2CCN(C(=O)c3ccc(C)n3C)CC2)s1. The van der Waals surface area contributed by atoms with Crippen molar-refractivity contribution in [2.24, 2.45) is 7.05 Å². The molecule has 1 aliphatic rings. The summed E-state index contributed by atoms with van der Waals surface area (Å²) in [6, 6.07) is 3.88. The molecule has 0 unspecified atom stereocenters. The van der Waals surface area contributed by atoms with Gasteiger partial charge in [0.1, 0.15) is 10.7 Å². The minimum absolute atomic E-state index is 0.110. The number of anilines is 1. The van der Waals surface area contributed by atoms with Crippen molar-refractivity contribution in [3.8, 4) is 0 Å². The van der Waals surface area contributed by atoms with Crippen LogP contribution in [0.5, 0.6) is 0 Å². The summed E-state index contributed by atoms with van der Waals surface area (Å²) in [5, 5.41) is 10.2. The molecule has 0 aromatic carbocycles. The summed E-state index contributed by atoms with van der Waals surface area (Å²) in [7, 11) is 1.93. The third-order valence-electron chi connectivity index (χ3n) is 3.94. The van der Waals surface area contributed by atoms with E-state index < -0.39 is 0 Å². The van der Waals surface area contributed by atoms with Gasteiger partial charge in [0.05, 0.1) is 0 Å². The Balaban J connectivity index is 1.65. The molecule has 1 fully saturated rings. The maximum atomic E-state index is 12.5. The first-order chi connectivity index (χ1) is 10.1. The summed E-state index contributed by atoms with van der Waals surface area (Å²) in [6.45, 7) is 7.03. The number of aryl methyl sites for hydroxylation is 2. The number of carbonyl (C=O) groups excluding carboxylic acids is 1. The second-order valence-electron chi connectivity index (χ2n) is 5.30. The molecule has 0 aliphatic carbocycles. The molecule has 0 bridgehead atoms. The van der Waals surface area contributed by atoms with Gasteiger partial charge in [-0.2, -0.15) is 0 Å². The monoisotopic (exact) mass is 305 g/mol. The van der Waals surface area contributed by atoms with Crippen molar-refractivity contribution in [1.82, 2.24) is 19.7 Å². The van der Waals surface area contributed by atoms with Crippen LogP contribution in [0.25, 0.3) is 0 Å². The van der Waals surface area contributed by atoms with E-state index in [9.17, 15) is 4.79 Å². The molecule has 3 rings (SSSR count). The molecule has 0 N–H and O–H groups in total. The lowest BCUT2D eigenvalue weighted by molar-refractivity contribution is 0.0737. The zero-order valence-corrected chi connectivity index (χ0v) is 13.4. The first-order valence-corrected chi connectivity index (χ1v) is 7.84. The van der Waals surface area contributed by atoms with Crippen LogP contribution in [-0.2, 0) is 7.05 Å². The minimum atomic E-state index is 0.110. The van der Waals surface area contributed by atoms with Gasteiger partial charge in [-0.05, 0) is 26.0 Å². The van der Waals surface area contributed by atoms with Gasteiger partial charge in [-0.25, -0.2) is 0 Å². The highest BCUT2D eigenvalue weighted by molar-refractivity contribution is 7.15. The molecular formula is C14H19N5OS. The predicted molar refractivity (Wildman–Crippen MR) is 82.9 cm³/mol. The lowest BCUT2D eigenvalue weighted by Gasteiger charge is -2.34. The molecule has 21 heavy (non-hydrogen) atoms. The summed E-state index contributed by atoms with van der Waals surface area (Å²) in [4.78, 5) is 16.7. The quantitative estimate of drug-likeness (QED) is 0.843. The first-order valence-electron chi connectivity index (χ1n) is 7.03. The van der Waals surface area contributed by atoms with Gasteiger partial charge in [0.2, 0.25) is 5.13 Å². The molecule has 112 valence electrons. The zero-order valence-electron chi connectivity index (χ0n) is 12.5. The van der Waals surface area contributed by atoms with Crippen LogP contribution >= 0.6 is 11.3 Å². The van der Waals surface area contributed by atoms with Crippen LogP contribution in [0, 0.1) is 13.8 Å². The number of hydrogen-bond donors (Lipinski definition) is 0. The fraction of sp³-hybridized carbons (Fsp3) is 0.500. The Kier molecular flexibility index (Phi) is 3.67. The lowest BCUT2D eigenvalue weighted by atomic mass is 10.3. The number of nitrogens with zero attached hydrogens (tertiary/aromatic N) is 5. The number of amides is 1. The molecule has 6 nitrogen and oxygen atoms in total. The van der Waals surface area contributed by atoms with E-state index in [1.54, 1.807) is 11.3 Å². The fourth-order valence-electron chi connectivity index (χ4n) is 2.50. The van der Waals surface area contributed by atoms with Gasteiger partial charge in [-0.3, -0.25) is 4.79 Å². The number of rotatable bonds is 2. The van der Waals surface area contributed by atoms with Gasteiger partial charge in [-0.15, -0.1) is 10.2 Å². The van der Waals surface area contributed by atoms with Crippen LogP contribution in [0.1, 0.15) is 21.2 Å². The van der Waals surface area contributed by atoms with Gasteiger partial charge in [-0.1, -0.05) is 11.3 Å². The number of aromatic nitrogens is 3. The molecule has 0 saturated carbocycles. The van der Waals surface area contributed by atoms with Crippen molar-refractivity contribution in [2.45, 2.75) is 13.8 Å². The summed E-state index contributed by atoms with van der Waals surface area (Å²) in [6.07, 6.45) is 0. The van der Waals surface area contributed by atoms with Crippen LogP contribution in [0.4, 0.5) is 5.13 Å². The van der Waals surface area contributed by atoms with Crippen molar-refractivity contribution >= 4 is 22.4 Å². The molecule has 1 aliphatic heterocycles. The Labute approximate surface area is 128 Å². The van der Waals surface area contributed by atoms with Gasteiger partial charge in [0, 0.05) is 38.9 Å². The maximum Gasteiger partial charge on any atom is 0.270 e. The number of hydrogen-bond acceptors (Lipinski definition) is 5. The van der Waals surface area contributed by atoms with Gasteiger partial charge >= 0.3 is 0 Å². The molecule has 0 spiro atoms. The Morgan fingerprint density at radius 1 is 1.14 bits per heavy atom. The highest BCUT2D eigenvalue weighted by Gasteiger charge is 2.25. The van der Waals surface area contributed by atoms with E-state index in [0.29, 0.717) is 0 Å². The van der Waals surface area contributed by atoms with E-state index in [1.807, 2.05) is 42.5 Å². The van der Waals surface area contributed by atoms with Crippen molar-refractivity contribution < 1.29 is 4.79 Å². The van der Waals surface area contributed by atoms with E-state index in [0.717, 1.165) is 47.7 Å². The molecular weight excluding hydrogens is 286 g/mol. The second kappa shape index (κ2) is 5.48. The van der Waals surface area contributed by atoms with E-state index in [4.69, 9.17) is 0 Å². The van der Waals surface area contributed by atoms with Crippen molar-refractivity contribution in [3.63, 3.8) is 0 Å². The zero-order chi connectivity index (χ0) is 15.0. The smallest absolute Gasteiger partial charge is 0.270 e. The van der Waals surface area contributed by atoms with Crippen molar-refractivity contribution in [1.29, 1.82) is 0 Å². The number of carbonyl (C=O) groups is 1. The van der Waals surface area contributed by atoms with E-state index >= 15 is 0 Å². The van der Waals surface area contributed by atoms with Crippen LogP contribution in [0.3, 0.4) is 0 Å². The lowest BCUT2D eigenvalue weighted by Crippen LogP contribution is -2.49. The third kappa shape index (κ3) is 2.65. The largest absolute Gasteiger partial charge is 0.344 e. The molecule has 2 aromatic rings. The molecule has 0 atom stereocenters. The second-order valence-corrected chi connectivity index (χ2v) is 6.46. The average molecular weight is 305 g/mol. The maximum absolute atomic E-state index is 12.5. The minimum Gasteiger partial charge on any atom is -0.344 e. The van der Waals surface area contributed by atoms with Crippen LogP contribution in [0.2, 0.25) is 0 Å². The topological polar surface area (TPSA) is 54.3 Å². The highest BCUT2D eigenvalue weighted by Crippen LogP contribution is 2.21. The van der Waals surface area contributed by atoms with Crippen LogP contribution < -0.4 is 4.90 Å². The molecule has 1 amide bonds. The summed E-state index contributed by atoms with van der Waals surface area (Å²) in [5.41, 5.74) is 1.86. The molecule has 7 heteroatoms. The van der Waals surface area contributed by atoms with E-state index in [1.165, 1.54) is 0 Å².